The molecule has 0 atom stereocenters. The molecule has 0 aliphatic carbocycles. The Bertz CT molecular complexity index is 453. The van der Waals surface area contributed by atoms with Gasteiger partial charge in [0.05, 0.1) is 6.54 Å². The summed E-state index contributed by atoms with van der Waals surface area (Å²) >= 11 is 3.40. The van der Waals surface area contributed by atoms with Crippen molar-refractivity contribution in [3.05, 3.63) is 34.3 Å². The van der Waals surface area contributed by atoms with Crippen molar-refractivity contribution < 1.29 is 4.79 Å². The average molecular weight is 338 g/mol. The summed E-state index contributed by atoms with van der Waals surface area (Å²) < 4.78 is 1.01. The van der Waals surface area contributed by atoms with Gasteiger partial charge in [0.15, 0.2) is 5.78 Å². The molecular weight excluding hydrogens is 314 g/mol. The topological polar surface area (TPSA) is 20.3 Å². The Labute approximate surface area is 130 Å². The van der Waals surface area contributed by atoms with E-state index in [2.05, 4.69) is 41.6 Å². The van der Waals surface area contributed by atoms with Crippen molar-refractivity contribution in [1.29, 1.82) is 0 Å². The molecule has 0 N–H and O–H groups in total. The SMILES string of the molecule is CC(C)(C)C1CCN(CC(=O)c2ccc(Br)cc2)CC1. The molecule has 1 aliphatic heterocycles. The van der Waals surface area contributed by atoms with E-state index in [1.165, 1.54) is 12.8 Å². The molecule has 0 aromatic heterocycles. The summed E-state index contributed by atoms with van der Waals surface area (Å²) in [4.78, 5) is 14.5. The van der Waals surface area contributed by atoms with Crippen LogP contribution in [0, 0.1) is 11.3 Å². The normalized spacial score (nSPS) is 18.2. The van der Waals surface area contributed by atoms with E-state index < -0.39 is 0 Å². The maximum absolute atomic E-state index is 12.2. The van der Waals surface area contributed by atoms with Gasteiger partial charge in [-0.05, 0) is 49.4 Å². The molecule has 0 bridgehead atoms. The van der Waals surface area contributed by atoms with Crippen LogP contribution in [0.2, 0.25) is 0 Å². The summed E-state index contributed by atoms with van der Waals surface area (Å²) in [6.45, 7) is 9.60. The van der Waals surface area contributed by atoms with Gasteiger partial charge in [0.25, 0.3) is 0 Å². The second-order valence-corrected chi connectivity index (χ2v) is 7.76. The first kappa shape index (κ1) is 15.7. The quantitative estimate of drug-likeness (QED) is 0.762. The smallest absolute Gasteiger partial charge is 0.176 e. The molecule has 0 saturated carbocycles. The first-order valence-electron chi connectivity index (χ1n) is 7.37. The molecule has 0 amide bonds. The number of likely N-dealkylation sites (tertiary alicyclic amines) is 1. The molecule has 2 rings (SSSR count). The molecule has 1 aromatic rings. The molecule has 110 valence electrons. The van der Waals surface area contributed by atoms with E-state index in [9.17, 15) is 4.79 Å². The van der Waals surface area contributed by atoms with Gasteiger partial charge in [-0.2, -0.15) is 0 Å². The van der Waals surface area contributed by atoms with E-state index in [0.717, 1.165) is 29.0 Å². The number of nitrogens with zero attached hydrogens (tertiary/aromatic N) is 1. The van der Waals surface area contributed by atoms with E-state index in [-0.39, 0.29) is 5.78 Å². The second-order valence-electron chi connectivity index (χ2n) is 6.85. The number of ketones is 1. The summed E-state index contributed by atoms with van der Waals surface area (Å²) in [7, 11) is 0. The number of benzene rings is 1. The first-order chi connectivity index (χ1) is 9.36. The lowest BCUT2D eigenvalue weighted by molar-refractivity contribution is 0.0822. The van der Waals surface area contributed by atoms with Crippen molar-refractivity contribution in [2.45, 2.75) is 33.6 Å². The van der Waals surface area contributed by atoms with Gasteiger partial charge in [-0.1, -0.05) is 48.8 Å². The van der Waals surface area contributed by atoms with Crippen LogP contribution in [-0.2, 0) is 0 Å². The fraction of sp³-hybridized carbons (Fsp3) is 0.588. The highest BCUT2D eigenvalue weighted by atomic mass is 79.9. The Hall–Kier alpha value is -0.670. The van der Waals surface area contributed by atoms with Crippen molar-refractivity contribution in [2.75, 3.05) is 19.6 Å². The predicted octanol–water partition coefficient (Wildman–Crippen LogP) is 4.39. The number of halogens is 1. The van der Waals surface area contributed by atoms with Crippen molar-refractivity contribution in [2.24, 2.45) is 11.3 Å². The highest BCUT2D eigenvalue weighted by molar-refractivity contribution is 9.10. The van der Waals surface area contributed by atoms with Crippen LogP contribution in [0.3, 0.4) is 0 Å². The molecule has 2 nitrogen and oxygen atoms in total. The molecule has 0 radical (unpaired) electrons. The van der Waals surface area contributed by atoms with Gasteiger partial charge in [-0.25, -0.2) is 0 Å². The lowest BCUT2D eigenvalue weighted by Crippen LogP contribution is -2.40. The molecular formula is C17H24BrNO. The number of piperidine rings is 1. The lowest BCUT2D eigenvalue weighted by atomic mass is 9.75. The average Bonchev–Trinajstić information content (AvgIpc) is 2.39. The zero-order chi connectivity index (χ0) is 14.8. The molecule has 1 saturated heterocycles. The third-order valence-corrected chi connectivity index (χ3v) is 4.87. The van der Waals surface area contributed by atoms with Crippen LogP contribution in [0.25, 0.3) is 0 Å². The molecule has 1 aliphatic rings. The Morgan fingerprint density at radius 2 is 1.75 bits per heavy atom. The van der Waals surface area contributed by atoms with Crippen LogP contribution in [0.4, 0.5) is 0 Å². The van der Waals surface area contributed by atoms with E-state index in [4.69, 9.17) is 0 Å². The van der Waals surface area contributed by atoms with Crippen molar-refractivity contribution >= 4 is 21.7 Å². The van der Waals surface area contributed by atoms with Gasteiger partial charge < -0.3 is 0 Å². The monoisotopic (exact) mass is 337 g/mol. The van der Waals surface area contributed by atoms with E-state index in [0.29, 0.717) is 12.0 Å². The third kappa shape index (κ3) is 4.16. The maximum atomic E-state index is 12.2. The standard InChI is InChI=1S/C17H24BrNO/c1-17(2,3)14-8-10-19(11-9-14)12-16(20)13-4-6-15(18)7-5-13/h4-7,14H,8-12H2,1-3H3. The first-order valence-corrected chi connectivity index (χ1v) is 8.16. The molecule has 3 heteroatoms. The van der Waals surface area contributed by atoms with Gasteiger partial charge in [-0.3, -0.25) is 9.69 Å². The van der Waals surface area contributed by atoms with Crippen LogP contribution < -0.4 is 0 Å². The van der Waals surface area contributed by atoms with Crippen LogP contribution in [0.5, 0.6) is 0 Å². The summed E-state index contributed by atoms with van der Waals surface area (Å²) in [5, 5.41) is 0. The van der Waals surface area contributed by atoms with Crippen molar-refractivity contribution in [3.63, 3.8) is 0 Å². The number of hydrogen-bond donors (Lipinski definition) is 0. The summed E-state index contributed by atoms with van der Waals surface area (Å²) in [5.74, 6) is 1.01. The van der Waals surface area contributed by atoms with Crippen molar-refractivity contribution in [1.82, 2.24) is 4.90 Å². The van der Waals surface area contributed by atoms with E-state index >= 15 is 0 Å². The zero-order valence-electron chi connectivity index (χ0n) is 12.7. The predicted molar refractivity (Wildman–Crippen MR) is 87.1 cm³/mol. The number of rotatable bonds is 3. The Kier molecular flexibility index (Phi) is 5.03. The second kappa shape index (κ2) is 6.40. The summed E-state index contributed by atoms with van der Waals surface area (Å²) in [6.07, 6.45) is 2.41. The van der Waals surface area contributed by atoms with E-state index in [1.54, 1.807) is 0 Å². The van der Waals surface area contributed by atoms with Crippen LogP contribution >= 0.6 is 15.9 Å². The minimum Gasteiger partial charge on any atom is -0.296 e. The van der Waals surface area contributed by atoms with Gasteiger partial charge >= 0.3 is 0 Å². The van der Waals surface area contributed by atoms with E-state index in [1.807, 2.05) is 24.3 Å². The summed E-state index contributed by atoms with van der Waals surface area (Å²) in [6, 6.07) is 7.65. The minimum absolute atomic E-state index is 0.228. The van der Waals surface area contributed by atoms with Gasteiger partial charge in [0.1, 0.15) is 0 Å². The molecule has 0 unspecified atom stereocenters. The van der Waals surface area contributed by atoms with Crippen LogP contribution in [0.15, 0.2) is 28.7 Å². The lowest BCUT2D eigenvalue weighted by Gasteiger charge is -2.38. The molecule has 1 aromatic carbocycles. The van der Waals surface area contributed by atoms with Crippen LogP contribution in [0.1, 0.15) is 44.0 Å². The minimum atomic E-state index is 0.228. The molecule has 20 heavy (non-hydrogen) atoms. The highest BCUT2D eigenvalue weighted by Crippen LogP contribution is 2.34. The fourth-order valence-corrected chi connectivity index (χ4v) is 3.15. The van der Waals surface area contributed by atoms with Crippen LogP contribution in [-0.4, -0.2) is 30.3 Å². The van der Waals surface area contributed by atoms with Gasteiger partial charge in [0.2, 0.25) is 0 Å². The number of carbonyl (C=O) groups is 1. The third-order valence-electron chi connectivity index (χ3n) is 4.35. The zero-order valence-corrected chi connectivity index (χ0v) is 14.2. The number of hydrogen-bond acceptors (Lipinski definition) is 2. The maximum Gasteiger partial charge on any atom is 0.176 e. The molecule has 0 spiro atoms. The van der Waals surface area contributed by atoms with Gasteiger partial charge in [0, 0.05) is 10.0 Å². The Morgan fingerprint density at radius 3 is 2.25 bits per heavy atom. The number of Topliss-reactive ketones (excluding diaryl/α,β-unsaturated/α-hetero) is 1. The largest absolute Gasteiger partial charge is 0.296 e. The Morgan fingerprint density at radius 1 is 1.20 bits per heavy atom. The Balaban J connectivity index is 1.86. The van der Waals surface area contributed by atoms with Gasteiger partial charge in [-0.15, -0.1) is 0 Å². The highest BCUT2D eigenvalue weighted by Gasteiger charge is 2.29. The van der Waals surface area contributed by atoms with Crippen molar-refractivity contribution in [3.8, 4) is 0 Å². The summed E-state index contributed by atoms with van der Waals surface area (Å²) in [5.41, 5.74) is 1.20. The molecule has 1 fully saturated rings. The number of carbonyl (C=O) groups excluding carboxylic acids is 1. The molecule has 1 heterocycles. The fourth-order valence-electron chi connectivity index (χ4n) is 2.89.